The predicted octanol–water partition coefficient (Wildman–Crippen LogP) is 2.51. The molecule has 0 aliphatic carbocycles. The Hall–Kier alpha value is -2.28. The average Bonchev–Trinajstić information content (AvgIpc) is 3.15. The van der Waals surface area contributed by atoms with Crippen molar-refractivity contribution in [3.8, 4) is 11.4 Å². The molecule has 7 nitrogen and oxygen atoms in total. The molecule has 1 atom stereocenters. The van der Waals surface area contributed by atoms with Crippen LogP contribution in [0, 0.1) is 13.8 Å². The van der Waals surface area contributed by atoms with Gasteiger partial charge in [0.15, 0.2) is 5.65 Å². The summed E-state index contributed by atoms with van der Waals surface area (Å²) in [6, 6.07) is 1.99. The molecule has 0 bridgehead atoms. The smallest absolute Gasteiger partial charge is 0.229 e. The summed E-state index contributed by atoms with van der Waals surface area (Å²) in [6.45, 7) is 4.79. The van der Waals surface area contributed by atoms with Crippen molar-refractivity contribution in [3.05, 3.63) is 29.5 Å². The zero-order valence-corrected chi connectivity index (χ0v) is 13.3. The van der Waals surface area contributed by atoms with Gasteiger partial charge < -0.3 is 9.26 Å². The molecular weight excluding hydrogens is 294 g/mol. The third kappa shape index (κ3) is 2.72. The highest BCUT2D eigenvalue weighted by atomic mass is 16.5. The molecule has 0 radical (unpaired) electrons. The molecule has 7 heteroatoms. The molecule has 4 heterocycles. The molecule has 120 valence electrons. The molecule has 1 aliphatic rings. The largest absolute Gasteiger partial charge is 0.378 e. The van der Waals surface area contributed by atoms with Gasteiger partial charge in [-0.25, -0.2) is 9.50 Å². The lowest BCUT2D eigenvalue weighted by Gasteiger charge is -2.20. The van der Waals surface area contributed by atoms with Gasteiger partial charge >= 0.3 is 0 Å². The number of aryl methyl sites for hydroxylation is 2. The minimum Gasteiger partial charge on any atom is -0.378 e. The highest BCUT2D eigenvalue weighted by Gasteiger charge is 2.20. The molecule has 0 spiro atoms. The molecule has 0 aromatic carbocycles. The van der Waals surface area contributed by atoms with E-state index in [2.05, 4.69) is 20.2 Å². The van der Waals surface area contributed by atoms with Crippen molar-refractivity contribution in [2.45, 2.75) is 45.6 Å². The first-order chi connectivity index (χ1) is 11.2. The lowest BCUT2D eigenvalue weighted by molar-refractivity contribution is 0.0124. The van der Waals surface area contributed by atoms with Gasteiger partial charge in [-0.05, 0) is 39.2 Å². The standard InChI is InChI=1S/C16H19N5O2/c1-10-7-11(2)21-16(18-10)13(9-17-21)15-19-14(23-20-15)8-12-5-3-4-6-22-12/h7,9,12H,3-6,8H2,1-2H3. The van der Waals surface area contributed by atoms with Gasteiger partial charge in [-0.3, -0.25) is 0 Å². The van der Waals surface area contributed by atoms with Crippen LogP contribution < -0.4 is 0 Å². The molecule has 4 rings (SSSR count). The number of nitrogens with zero attached hydrogens (tertiary/aromatic N) is 5. The van der Waals surface area contributed by atoms with E-state index in [0.717, 1.165) is 42.0 Å². The third-order valence-corrected chi connectivity index (χ3v) is 4.16. The number of ether oxygens (including phenoxy) is 1. The molecule has 0 saturated carbocycles. The Morgan fingerprint density at radius 2 is 2.17 bits per heavy atom. The summed E-state index contributed by atoms with van der Waals surface area (Å²) >= 11 is 0. The normalized spacial score (nSPS) is 18.6. The molecule has 3 aromatic rings. The predicted molar refractivity (Wildman–Crippen MR) is 83.0 cm³/mol. The van der Waals surface area contributed by atoms with Gasteiger partial charge in [0.05, 0.1) is 24.3 Å². The van der Waals surface area contributed by atoms with Gasteiger partial charge in [0.2, 0.25) is 11.7 Å². The number of hydrogen-bond donors (Lipinski definition) is 0. The Morgan fingerprint density at radius 1 is 1.26 bits per heavy atom. The third-order valence-electron chi connectivity index (χ3n) is 4.16. The van der Waals surface area contributed by atoms with E-state index in [0.29, 0.717) is 18.1 Å². The van der Waals surface area contributed by atoms with E-state index < -0.39 is 0 Å². The van der Waals surface area contributed by atoms with Crippen LogP contribution in [0.25, 0.3) is 17.0 Å². The number of rotatable bonds is 3. The van der Waals surface area contributed by atoms with E-state index >= 15 is 0 Å². The Labute approximate surface area is 133 Å². The van der Waals surface area contributed by atoms with E-state index in [1.165, 1.54) is 6.42 Å². The summed E-state index contributed by atoms with van der Waals surface area (Å²) in [6.07, 6.45) is 5.97. The molecule has 0 N–H and O–H groups in total. The van der Waals surface area contributed by atoms with Crippen LogP contribution in [0.2, 0.25) is 0 Å². The summed E-state index contributed by atoms with van der Waals surface area (Å²) in [5.74, 6) is 1.14. The van der Waals surface area contributed by atoms with Gasteiger partial charge in [-0.15, -0.1) is 0 Å². The maximum Gasteiger partial charge on any atom is 0.229 e. The van der Waals surface area contributed by atoms with E-state index in [1.807, 2.05) is 19.9 Å². The summed E-state index contributed by atoms with van der Waals surface area (Å²) in [4.78, 5) is 9.06. The van der Waals surface area contributed by atoms with Gasteiger partial charge in [-0.2, -0.15) is 10.1 Å². The second-order valence-corrected chi connectivity index (χ2v) is 6.04. The molecule has 1 unspecified atom stereocenters. The summed E-state index contributed by atoms with van der Waals surface area (Å²) in [5.41, 5.74) is 3.51. The Bertz CT molecular complexity index is 832. The lowest BCUT2D eigenvalue weighted by atomic mass is 10.1. The van der Waals surface area contributed by atoms with Crippen LogP contribution in [0.1, 0.15) is 36.5 Å². The minimum absolute atomic E-state index is 0.184. The highest BCUT2D eigenvalue weighted by molar-refractivity contribution is 5.72. The molecular formula is C16H19N5O2. The Kier molecular flexibility index (Phi) is 3.57. The number of aromatic nitrogens is 5. The summed E-state index contributed by atoms with van der Waals surface area (Å²) in [5, 5.41) is 8.47. The molecule has 0 amide bonds. The van der Waals surface area contributed by atoms with Gasteiger partial charge in [0, 0.05) is 18.0 Å². The molecule has 3 aromatic heterocycles. The highest BCUT2D eigenvalue weighted by Crippen LogP contribution is 2.23. The van der Waals surface area contributed by atoms with Crippen molar-refractivity contribution in [2.75, 3.05) is 6.61 Å². The van der Waals surface area contributed by atoms with Gasteiger partial charge in [0.1, 0.15) is 0 Å². The zero-order valence-electron chi connectivity index (χ0n) is 13.3. The van der Waals surface area contributed by atoms with Gasteiger partial charge in [0.25, 0.3) is 0 Å². The lowest BCUT2D eigenvalue weighted by Crippen LogP contribution is -2.21. The quantitative estimate of drug-likeness (QED) is 0.739. The fourth-order valence-corrected chi connectivity index (χ4v) is 3.04. The van der Waals surface area contributed by atoms with Crippen LogP contribution in [0.3, 0.4) is 0 Å². The molecule has 23 heavy (non-hydrogen) atoms. The average molecular weight is 313 g/mol. The van der Waals surface area contributed by atoms with Crippen molar-refractivity contribution in [1.29, 1.82) is 0 Å². The topological polar surface area (TPSA) is 78.3 Å². The Balaban J connectivity index is 1.64. The molecule has 1 saturated heterocycles. The van der Waals surface area contributed by atoms with Crippen LogP contribution in [0.15, 0.2) is 16.8 Å². The SMILES string of the molecule is Cc1cc(C)n2ncc(-c3noc(CC4CCCCO4)n3)c2n1. The maximum atomic E-state index is 5.73. The second kappa shape index (κ2) is 5.73. The zero-order chi connectivity index (χ0) is 15.8. The van der Waals surface area contributed by atoms with E-state index in [1.54, 1.807) is 10.7 Å². The van der Waals surface area contributed by atoms with E-state index in [9.17, 15) is 0 Å². The van der Waals surface area contributed by atoms with Crippen molar-refractivity contribution in [1.82, 2.24) is 24.7 Å². The number of hydrogen-bond acceptors (Lipinski definition) is 6. The second-order valence-electron chi connectivity index (χ2n) is 6.04. The van der Waals surface area contributed by atoms with Crippen LogP contribution in [0.5, 0.6) is 0 Å². The molecule has 1 fully saturated rings. The van der Waals surface area contributed by atoms with E-state index in [-0.39, 0.29) is 6.10 Å². The Morgan fingerprint density at radius 3 is 3.00 bits per heavy atom. The maximum absolute atomic E-state index is 5.73. The fraction of sp³-hybridized carbons (Fsp3) is 0.500. The summed E-state index contributed by atoms with van der Waals surface area (Å²) in [7, 11) is 0. The van der Waals surface area contributed by atoms with Crippen LogP contribution in [-0.2, 0) is 11.2 Å². The van der Waals surface area contributed by atoms with Crippen LogP contribution in [0.4, 0.5) is 0 Å². The van der Waals surface area contributed by atoms with Crippen LogP contribution >= 0.6 is 0 Å². The van der Waals surface area contributed by atoms with Crippen molar-refractivity contribution in [2.24, 2.45) is 0 Å². The minimum atomic E-state index is 0.184. The first-order valence-electron chi connectivity index (χ1n) is 7.97. The van der Waals surface area contributed by atoms with Gasteiger partial charge in [-0.1, -0.05) is 5.16 Å². The van der Waals surface area contributed by atoms with Crippen molar-refractivity contribution >= 4 is 5.65 Å². The van der Waals surface area contributed by atoms with Crippen molar-refractivity contribution in [3.63, 3.8) is 0 Å². The van der Waals surface area contributed by atoms with Crippen molar-refractivity contribution < 1.29 is 9.26 Å². The van der Waals surface area contributed by atoms with E-state index in [4.69, 9.17) is 9.26 Å². The number of fused-ring (bicyclic) bond motifs is 1. The fourth-order valence-electron chi connectivity index (χ4n) is 3.04. The summed E-state index contributed by atoms with van der Waals surface area (Å²) < 4.78 is 12.9. The first-order valence-corrected chi connectivity index (χ1v) is 7.97. The first kappa shape index (κ1) is 14.3. The monoisotopic (exact) mass is 313 g/mol. The molecule has 1 aliphatic heterocycles. The van der Waals surface area contributed by atoms with Crippen LogP contribution in [-0.4, -0.2) is 37.4 Å².